The SMILES string of the molecule is CN(C)C(CNS(=O)(=O)c1ccc(S(=O)(=O)N2CCCCC2)cc1)c1cccc(F)c1. The second-order valence-electron chi connectivity index (χ2n) is 7.82. The lowest BCUT2D eigenvalue weighted by Gasteiger charge is -2.26. The minimum absolute atomic E-state index is 0.0261. The first kappa shape index (κ1) is 23.8. The first-order valence-corrected chi connectivity index (χ1v) is 13.1. The Labute approximate surface area is 184 Å². The molecule has 1 N–H and O–H groups in total. The fourth-order valence-electron chi connectivity index (χ4n) is 3.63. The average molecular weight is 470 g/mol. The molecule has 3 rings (SSSR count). The van der Waals surface area contributed by atoms with E-state index in [1.807, 2.05) is 0 Å². The summed E-state index contributed by atoms with van der Waals surface area (Å²) < 4.78 is 68.6. The predicted molar refractivity (Wildman–Crippen MR) is 117 cm³/mol. The van der Waals surface area contributed by atoms with Crippen LogP contribution in [-0.4, -0.2) is 59.8 Å². The number of benzene rings is 2. The van der Waals surface area contributed by atoms with Gasteiger partial charge in [-0.2, -0.15) is 4.31 Å². The van der Waals surface area contributed by atoms with Gasteiger partial charge in [0.15, 0.2) is 0 Å². The van der Waals surface area contributed by atoms with E-state index in [1.165, 1.54) is 40.7 Å². The smallest absolute Gasteiger partial charge is 0.243 e. The summed E-state index contributed by atoms with van der Waals surface area (Å²) in [5, 5.41) is 0. The molecule has 10 heteroatoms. The Hall–Kier alpha value is -1.85. The van der Waals surface area contributed by atoms with Gasteiger partial charge in [-0.1, -0.05) is 18.6 Å². The lowest BCUT2D eigenvalue weighted by atomic mass is 10.1. The highest BCUT2D eigenvalue weighted by Crippen LogP contribution is 2.23. The van der Waals surface area contributed by atoms with Crippen LogP contribution in [0, 0.1) is 5.82 Å². The number of likely N-dealkylation sites (N-methyl/N-ethyl adjacent to an activating group) is 1. The minimum atomic E-state index is -3.87. The third-order valence-corrected chi connectivity index (χ3v) is 8.76. The topological polar surface area (TPSA) is 86.8 Å². The van der Waals surface area contributed by atoms with E-state index in [9.17, 15) is 21.2 Å². The number of piperidine rings is 1. The van der Waals surface area contributed by atoms with Crippen LogP contribution in [0.2, 0.25) is 0 Å². The summed E-state index contributed by atoms with van der Waals surface area (Å²) in [4.78, 5) is 1.85. The largest absolute Gasteiger partial charge is 0.301 e. The van der Waals surface area contributed by atoms with Crippen molar-refractivity contribution in [3.8, 4) is 0 Å². The lowest BCUT2D eigenvalue weighted by Crippen LogP contribution is -2.36. The van der Waals surface area contributed by atoms with Gasteiger partial charge in [0.05, 0.1) is 9.79 Å². The van der Waals surface area contributed by atoms with Crippen LogP contribution < -0.4 is 4.72 Å². The van der Waals surface area contributed by atoms with E-state index in [2.05, 4.69) is 4.72 Å². The first-order valence-electron chi connectivity index (χ1n) is 10.1. The summed E-state index contributed by atoms with van der Waals surface area (Å²) in [6, 6.07) is 10.9. The van der Waals surface area contributed by atoms with Crippen LogP contribution >= 0.6 is 0 Å². The zero-order valence-corrected chi connectivity index (χ0v) is 19.3. The summed E-state index contributed by atoms with van der Waals surface area (Å²) in [6.45, 7) is 0.999. The third kappa shape index (κ3) is 5.69. The molecule has 1 fully saturated rings. The molecule has 1 unspecified atom stereocenters. The van der Waals surface area contributed by atoms with Crippen molar-refractivity contribution in [3.05, 3.63) is 59.9 Å². The zero-order valence-electron chi connectivity index (χ0n) is 17.7. The van der Waals surface area contributed by atoms with Crippen molar-refractivity contribution >= 4 is 20.0 Å². The Morgan fingerprint density at radius 1 is 0.968 bits per heavy atom. The maximum atomic E-state index is 13.6. The monoisotopic (exact) mass is 469 g/mol. The van der Waals surface area contributed by atoms with E-state index < -0.39 is 25.9 Å². The summed E-state index contributed by atoms with van der Waals surface area (Å²) in [5.41, 5.74) is 0.649. The quantitative estimate of drug-likeness (QED) is 0.642. The number of rotatable bonds is 8. The molecule has 1 aliphatic rings. The molecule has 7 nitrogen and oxygen atoms in total. The highest BCUT2D eigenvalue weighted by Gasteiger charge is 2.27. The van der Waals surface area contributed by atoms with E-state index in [-0.39, 0.29) is 22.4 Å². The Morgan fingerprint density at radius 3 is 2.16 bits per heavy atom. The number of sulfonamides is 2. The van der Waals surface area contributed by atoms with Crippen molar-refractivity contribution in [1.82, 2.24) is 13.9 Å². The fraction of sp³-hybridized carbons (Fsp3) is 0.429. The zero-order chi connectivity index (χ0) is 22.6. The van der Waals surface area contributed by atoms with E-state index in [0.29, 0.717) is 18.7 Å². The molecule has 2 aromatic carbocycles. The summed E-state index contributed by atoms with van der Waals surface area (Å²) in [7, 11) is -3.93. The molecule has 2 aromatic rings. The number of hydrogen-bond donors (Lipinski definition) is 1. The van der Waals surface area contributed by atoms with Crippen LogP contribution in [0.5, 0.6) is 0 Å². The van der Waals surface area contributed by atoms with Crippen LogP contribution in [0.3, 0.4) is 0 Å². The second kappa shape index (κ2) is 9.74. The van der Waals surface area contributed by atoms with Crippen molar-refractivity contribution in [3.63, 3.8) is 0 Å². The molecule has 0 aromatic heterocycles. The molecule has 31 heavy (non-hydrogen) atoms. The van der Waals surface area contributed by atoms with Crippen molar-refractivity contribution in [2.75, 3.05) is 33.7 Å². The maximum absolute atomic E-state index is 13.6. The second-order valence-corrected chi connectivity index (χ2v) is 11.5. The Kier molecular flexibility index (Phi) is 7.48. The van der Waals surface area contributed by atoms with E-state index in [1.54, 1.807) is 31.1 Å². The van der Waals surface area contributed by atoms with Gasteiger partial charge in [0.2, 0.25) is 20.0 Å². The van der Waals surface area contributed by atoms with Crippen LogP contribution in [0.25, 0.3) is 0 Å². The summed E-state index contributed by atoms with van der Waals surface area (Å²) >= 11 is 0. The molecule has 0 spiro atoms. The molecule has 1 heterocycles. The first-order chi connectivity index (χ1) is 14.6. The standard InChI is InChI=1S/C21H28FN3O4S2/c1-24(2)21(17-7-6-8-18(22)15-17)16-23-30(26,27)19-9-11-20(12-10-19)31(28,29)25-13-4-3-5-14-25/h6-12,15,21,23H,3-5,13-14,16H2,1-2H3. The molecule has 1 aliphatic heterocycles. The Bertz CT molecular complexity index is 1100. The molecular formula is C21H28FN3O4S2. The van der Waals surface area contributed by atoms with Crippen molar-refractivity contribution in [1.29, 1.82) is 0 Å². The van der Waals surface area contributed by atoms with Crippen LogP contribution in [0.15, 0.2) is 58.3 Å². The highest BCUT2D eigenvalue weighted by molar-refractivity contribution is 7.89. The van der Waals surface area contributed by atoms with E-state index >= 15 is 0 Å². The average Bonchev–Trinajstić information content (AvgIpc) is 2.74. The van der Waals surface area contributed by atoms with Crippen LogP contribution in [0.4, 0.5) is 4.39 Å². The number of hydrogen-bond acceptors (Lipinski definition) is 5. The highest BCUT2D eigenvalue weighted by atomic mass is 32.2. The molecule has 0 amide bonds. The van der Waals surface area contributed by atoms with Gasteiger partial charge < -0.3 is 4.90 Å². The third-order valence-electron chi connectivity index (χ3n) is 5.41. The van der Waals surface area contributed by atoms with Crippen molar-refractivity contribution in [2.45, 2.75) is 35.1 Å². The van der Waals surface area contributed by atoms with Gasteiger partial charge in [-0.15, -0.1) is 0 Å². The predicted octanol–water partition coefficient (Wildman–Crippen LogP) is 2.58. The van der Waals surface area contributed by atoms with E-state index in [4.69, 9.17) is 0 Å². The molecule has 0 saturated carbocycles. The van der Waals surface area contributed by atoms with Crippen LogP contribution in [0.1, 0.15) is 30.9 Å². The van der Waals surface area contributed by atoms with Gasteiger partial charge in [-0.05, 0) is 68.9 Å². The Balaban J connectivity index is 1.74. The molecule has 1 saturated heterocycles. The van der Waals surface area contributed by atoms with E-state index in [0.717, 1.165) is 19.3 Å². The molecule has 1 atom stereocenters. The molecular weight excluding hydrogens is 441 g/mol. The summed E-state index contributed by atoms with van der Waals surface area (Å²) in [5.74, 6) is -0.391. The maximum Gasteiger partial charge on any atom is 0.243 e. The fourth-order valence-corrected chi connectivity index (χ4v) is 6.18. The Morgan fingerprint density at radius 2 is 1.58 bits per heavy atom. The molecule has 0 bridgehead atoms. The van der Waals surface area contributed by atoms with Crippen LogP contribution in [-0.2, 0) is 20.0 Å². The normalized spacial score (nSPS) is 17.0. The van der Waals surface area contributed by atoms with Gasteiger partial charge in [0.25, 0.3) is 0 Å². The van der Waals surface area contributed by atoms with Gasteiger partial charge in [0, 0.05) is 25.7 Å². The molecule has 170 valence electrons. The van der Waals surface area contributed by atoms with Gasteiger partial charge in [0.1, 0.15) is 5.82 Å². The van der Waals surface area contributed by atoms with Crippen molar-refractivity contribution in [2.24, 2.45) is 0 Å². The van der Waals surface area contributed by atoms with Gasteiger partial charge in [-0.25, -0.2) is 25.9 Å². The molecule has 0 radical (unpaired) electrons. The number of nitrogens with one attached hydrogen (secondary N) is 1. The number of nitrogens with zero attached hydrogens (tertiary/aromatic N) is 2. The van der Waals surface area contributed by atoms with Crippen molar-refractivity contribution < 1.29 is 21.2 Å². The van der Waals surface area contributed by atoms with Gasteiger partial charge >= 0.3 is 0 Å². The van der Waals surface area contributed by atoms with Gasteiger partial charge in [-0.3, -0.25) is 0 Å². The summed E-state index contributed by atoms with van der Waals surface area (Å²) in [6.07, 6.45) is 2.67. The number of halogens is 1. The minimum Gasteiger partial charge on any atom is -0.301 e. The molecule has 0 aliphatic carbocycles. The lowest BCUT2D eigenvalue weighted by molar-refractivity contribution is 0.299.